The predicted molar refractivity (Wildman–Crippen MR) is 128 cm³/mol. The van der Waals surface area contributed by atoms with Gasteiger partial charge in [0.2, 0.25) is 5.91 Å². The number of hydrogen-bond acceptors (Lipinski definition) is 4. The van der Waals surface area contributed by atoms with E-state index in [0.717, 1.165) is 35.1 Å². The molecule has 34 heavy (non-hydrogen) atoms. The SMILES string of the molecule is CCC(C)(CNC(=O)OCC1c2ccccc2-c2ccccc21)C(=O)N1CCCC[C@@H]1C(=O)O. The van der Waals surface area contributed by atoms with Gasteiger partial charge in [-0.15, -0.1) is 0 Å². The average Bonchev–Trinajstić information content (AvgIpc) is 3.19. The monoisotopic (exact) mass is 464 g/mol. The molecule has 1 aliphatic heterocycles. The highest BCUT2D eigenvalue weighted by Gasteiger charge is 2.41. The Labute approximate surface area is 200 Å². The first kappa shape index (κ1) is 23.8. The molecule has 1 aliphatic carbocycles. The Morgan fingerprint density at radius 2 is 1.68 bits per heavy atom. The van der Waals surface area contributed by atoms with E-state index in [2.05, 4.69) is 29.6 Å². The Balaban J connectivity index is 1.39. The number of fused-ring (bicyclic) bond motifs is 3. The number of nitrogens with one attached hydrogen (secondary N) is 1. The van der Waals surface area contributed by atoms with Gasteiger partial charge in [0.15, 0.2) is 0 Å². The van der Waals surface area contributed by atoms with Crippen molar-refractivity contribution < 1.29 is 24.2 Å². The van der Waals surface area contributed by atoms with E-state index in [1.165, 1.54) is 4.90 Å². The minimum absolute atomic E-state index is 0.0398. The van der Waals surface area contributed by atoms with E-state index >= 15 is 0 Å². The third-order valence-electron chi connectivity index (χ3n) is 7.31. The van der Waals surface area contributed by atoms with Gasteiger partial charge in [-0.1, -0.05) is 55.5 Å². The van der Waals surface area contributed by atoms with Crippen molar-refractivity contribution in [3.05, 3.63) is 59.7 Å². The summed E-state index contributed by atoms with van der Waals surface area (Å²) in [5.74, 6) is -1.25. The molecule has 7 nitrogen and oxygen atoms in total. The molecular formula is C27H32N2O5. The zero-order valence-electron chi connectivity index (χ0n) is 19.8. The molecule has 1 unspecified atom stereocenters. The van der Waals surface area contributed by atoms with E-state index in [1.807, 2.05) is 31.2 Å². The maximum absolute atomic E-state index is 13.3. The number of piperidine rings is 1. The maximum Gasteiger partial charge on any atom is 0.407 e. The van der Waals surface area contributed by atoms with E-state index in [4.69, 9.17) is 4.74 Å². The zero-order chi connectivity index (χ0) is 24.3. The minimum Gasteiger partial charge on any atom is -0.480 e. The van der Waals surface area contributed by atoms with Crippen LogP contribution in [0, 0.1) is 5.41 Å². The number of benzene rings is 2. The molecular weight excluding hydrogens is 432 g/mol. The second kappa shape index (κ2) is 9.87. The summed E-state index contributed by atoms with van der Waals surface area (Å²) in [7, 11) is 0. The van der Waals surface area contributed by atoms with Crippen LogP contribution >= 0.6 is 0 Å². The fourth-order valence-corrected chi connectivity index (χ4v) is 5.05. The van der Waals surface area contributed by atoms with Gasteiger partial charge in [0.05, 0.1) is 5.41 Å². The van der Waals surface area contributed by atoms with Gasteiger partial charge in [-0.3, -0.25) is 4.79 Å². The minimum atomic E-state index is -0.976. The Morgan fingerprint density at radius 1 is 1.06 bits per heavy atom. The first-order valence-electron chi connectivity index (χ1n) is 12.0. The van der Waals surface area contributed by atoms with E-state index in [-0.39, 0.29) is 25.0 Å². The molecule has 1 fully saturated rings. The van der Waals surface area contributed by atoms with Crippen LogP contribution in [-0.4, -0.2) is 53.7 Å². The van der Waals surface area contributed by atoms with Crippen molar-refractivity contribution in [3.8, 4) is 11.1 Å². The molecule has 2 aromatic rings. The average molecular weight is 465 g/mol. The molecule has 0 radical (unpaired) electrons. The summed E-state index contributed by atoms with van der Waals surface area (Å²) in [6.45, 7) is 4.35. The summed E-state index contributed by atoms with van der Waals surface area (Å²) < 4.78 is 5.60. The molecule has 2 amide bonds. The standard InChI is InChI=1S/C27H32N2O5/c1-3-27(2,25(32)29-15-9-8-14-23(29)24(30)31)17-28-26(33)34-16-22-20-12-6-4-10-18(20)19-11-5-7-13-21(19)22/h4-7,10-13,22-23H,3,8-9,14-17H2,1-2H3,(H,28,33)(H,30,31)/t23-,27?/m1/s1. The molecule has 180 valence electrons. The van der Waals surface area contributed by atoms with Crippen molar-refractivity contribution in [1.29, 1.82) is 0 Å². The third-order valence-corrected chi connectivity index (χ3v) is 7.31. The van der Waals surface area contributed by atoms with Gasteiger partial charge in [0.1, 0.15) is 12.6 Å². The van der Waals surface area contributed by atoms with Gasteiger partial charge >= 0.3 is 12.1 Å². The molecule has 1 saturated heterocycles. The lowest BCUT2D eigenvalue weighted by atomic mass is 9.84. The van der Waals surface area contributed by atoms with Gasteiger partial charge in [0, 0.05) is 19.0 Å². The number of carboxylic acids is 1. The van der Waals surface area contributed by atoms with Gasteiger partial charge in [-0.25, -0.2) is 9.59 Å². The molecule has 0 spiro atoms. The molecule has 0 saturated carbocycles. The summed E-state index contributed by atoms with van der Waals surface area (Å²) >= 11 is 0. The van der Waals surface area contributed by atoms with Crippen LogP contribution in [0.4, 0.5) is 4.79 Å². The second-order valence-electron chi connectivity index (χ2n) is 9.44. The summed E-state index contributed by atoms with van der Waals surface area (Å²) in [6, 6.07) is 15.5. The van der Waals surface area contributed by atoms with E-state index in [0.29, 0.717) is 19.4 Å². The number of likely N-dealkylation sites (tertiary alicyclic amines) is 1. The van der Waals surface area contributed by atoms with Crippen molar-refractivity contribution in [2.24, 2.45) is 5.41 Å². The molecule has 1 heterocycles. The molecule has 2 aliphatic rings. The molecule has 4 rings (SSSR count). The lowest BCUT2D eigenvalue weighted by Gasteiger charge is -2.39. The lowest BCUT2D eigenvalue weighted by Crippen LogP contribution is -2.55. The number of carbonyl (C=O) groups excluding carboxylic acids is 2. The Bertz CT molecular complexity index is 1040. The molecule has 0 aromatic heterocycles. The summed E-state index contributed by atoms with van der Waals surface area (Å²) in [5, 5.41) is 12.3. The molecule has 2 N–H and O–H groups in total. The van der Waals surface area contributed by atoms with Crippen molar-refractivity contribution in [2.45, 2.75) is 51.5 Å². The smallest absolute Gasteiger partial charge is 0.407 e. The van der Waals surface area contributed by atoms with Gasteiger partial charge in [0.25, 0.3) is 0 Å². The molecule has 2 aromatic carbocycles. The number of hydrogen-bond donors (Lipinski definition) is 2. The normalized spacial score (nSPS) is 19.0. The van der Waals surface area contributed by atoms with Crippen LogP contribution in [0.5, 0.6) is 0 Å². The topological polar surface area (TPSA) is 95.9 Å². The summed E-state index contributed by atoms with van der Waals surface area (Å²) in [4.78, 5) is 39.0. The van der Waals surface area contributed by atoms with Gasteiger partial charge in [-0.2, -0.15) is 0 Å². The summed E-state index contributed by atoms with van der Waals surface area (Å²) in [5.41, 5.74) is 3.68. The Hall–Kier alpha value is -3.35. The molecule has 0 bridgehead atoms. The number of carbonyl (C=O) groups is 3. The van der Waals surface area contributed by atoms with E-state index in [9.17, 15) is 19.5 Å². The Morgan fingerprint density at radius 3 is 2.26 bits per heavy atom. The number of nitrogens with zero attached hydrogens (tertiary/aromatic N) is 1. The van der Waals surface area contributed by atoms with Crippen molar-refractivity contribution in [2.75, 3.05) is 19.7 Å². The van der Waals surface area contributed by atoms with Crippen LogP contribution in [0.2, 0.25) is 0 Å². The van der Waals surface area contributed by atoms with Crippen LogP contribution in [0.3, 0.4) is 0 Å². The highest BCUT2D eigenvalue weighted by molar-refractivity contribution is 5.88. The van der Waals surface area contributed by atoms with E-state index < -0.39 is 23.5 Å². The number of rotatable bonds is 7. The highest BCUT2D eigenvalue weighted by Crippen LogP contribution is 2.44. The van der Waals surface area contributed by atoms with Crippen molar-refractivity contribution in [1.82, 2.24) is 10.2 Å². The van der Waals surface area contributed by atoms with Crippen molar-refractivity contribution in [3.63, 3.8) is 0 Å². The van der Waals surface area contributed by atoms with Crippen LogP contribution in [0.1, 0.15) is 56.6 Å². The third kappa shape index (κ3) is 4.52. The Kier molecular flexibility index (Phi) is 6.91. The molecule has 2 atom stereocenters. The first-order chi connectivity index (χ1) is 16.4. The van der Waals surface area contributed by atoms with E-state index in [1.54, 1.807) is 6.92 Å². The quantitative estimate of drug-likeness (QED) is 0.633. The number of aliphatic carboxylic acids is 1. The number of amides is 2. The first-order valence-corrected chi connectivity index (χ1v) is 12.0. The second-order valence-corrected chi connectivity index (χ2v) is 9.44. The van der Waals surface area contributed by atoms with Crippen molar-refractivity contribution >= 4 is 18.0 Å². The fourth-order valence-electron chi connectivity index (χ4n) is 5.05. The number of carboxylic acid groups (broad SMARTS) is 1. The lowest BCUT2D eigenvalue weighted by molar-refractivity contribution is -0.156. The van der Waals surface area contributed by atoms with Crippen LogP contribution < -0.4 is 5.32 Å². The largest absolute Gasteiger partial charge is 0.480 e. The maximum atomic E-state index is 13.3. The zero-order valence-corrected chi connectivity index (χ0v) is 19.8. The predicted octanol–water partition coefficient (Wildman–Crippen LogP) is 4.41. The van der Waals surface area contributed by atoms with Crippen LogP contribution in [0.15, 0.2) is 48.5 Å². The number of alkyl carbamates (subject to hydrolysis) is 1. The van der Waals surface area contributed by atoms with Crippen LogP contribution in [0.25, 0.3) is 11.1 Å². The molecule has 7 heteroatoms. The summed E-state index contributed by atoms with van der Waals surface area (Å²) in [6.07, 6.45) is 1.93. The van der Waals surface area contributed by atoms with Crippen LogP contribution in [-0.2, 0) is 14.3 Å². The van der Waals surface area contributed by atoms with Gasteiger partial charge in [-0.05, 0) is 54.9 Å². The highest BCUT2D eigenvalue weighted by atomic mass is 16.5. The number of ether oxygens (including phenoxy) is 1. The fraction of sp³-hybridized carbons (Fsp3) is 0.444. The van der Waals surface area contributed by atoms with Gasteiger partial charge < -0.3 is 20.1 Å².